The fourth-order valence-corrected chi connectivity index (χ4v) is 9.40. The molecule has 0 amide bonds. The number of hydrogen-bond donors (Lipinski definition) is 0. The highest BCUT2D eigenvalue weighted by Crippen LogP contribution is 2.27. The zero-order chi connectivity index (χ0) is 45.2. The van der Waals surface area contributed by atoms with Crippen molar-refractivity contribution < 1.29 is 0 Å². The second-order valence-corrected chi connectivity index (χ2v) is 21.8. The summed E-state index contributed by atoms with van der Waals surface area (Å²) in [4.78, 5) is 0. The molecule has 60 heavy (non-hydrogen) atoms. The zero-order valence-corrected chi connectivity index (χ0v) is 45.2. The van der Waals surface area contributed by atoms with Crippen molar-refractivity contribution in [2.75, 3.05) is 0 Å². The molecule has 0 heterocycles. The maximum atomic E-state index is 2.44. The lowest BCUT2D eigenvalue weighted by atomic mass is 9.85. The van der Waals surface area contributed by atoms with Crippen molar-refractivity contribution >= 4 is 0 Å². The van der Waals surface area contributed by atoms with Gasteiger partial charge in [-0.2, -0.15) is 0 Å². The van der Waals surface area contributed by atoms with Gasteiger partial charge in [-0.25, -0.2) is 0 Å². The minimum absolute atomic E-state index is 0.883. The number of rotatable bonds is 45. The van der Waals surface area contributed by atoms with Gasteiger partial charge < -0.3 is 0 Å². The summed E-state index contributed by atoms with van der Waals surface area (Å²) < 4.78 is 0. The van der Waals surface area contributed by atoms with Crippen LogP contribution in [0.4, 0.5) is 0 Å². The van der Waals surface area contributed by atoms with E-state index in [-0.39, 0.29) is 0 Å². The van der Waals surface area contributed by atoms with Gasteiger partial charge in [-0.05, 0) is 41.9 Å². The molecule has 0 fully saturated rings. The van der Waals surface area contributed by atoms with E-state index < -0.39 is 0 Å². The van der Waals surface area contributed by atoms with E-state index in [2.05, 4.69) is 83.1 Å². The molecule has 0 heteroatoms. The Morgan fingerprint density at radius 2 is 0.500 bits per heavy atom. The number of hydrogen-bond acceptors (Lipinski definition) is 0. The molecule has 0 bridgehead atoms. The van der Waals surface area contributed by atoms with Crippen molar-refractivity contribution in [1.29, 1.82) is 0 Å². The average Bonchev–Trinajstić information content (AvgIpc) is 3.22. The quantitative estimate of drug-likeness (QED) is 0.0536. The molecule has 0 nitrogen and oxygen atoms in total. The Morgan fingerprint density at radius 3 is 0.767 bits per heavy atom. The Kier molecular flexibility index (Phi) is 59.1. The Morgan fingerprint density at radius 1 is 0.233 bits per heavy atom. The van der Waals surface area contributed by atoms with Crippen molar-refractivity contribution in [2.24, 2.45) is 35.5 Å². The van der Waals surface area contributed by atoms with E-state index >= 15 is 0 Å². The molecule has 0 radical (unpaired) electrons. The molecule has 0 aromatic heterocycles. The van der Waals surface area contributed by atoms with Gasteiger partial charge in [0.25, 0.3) is 0 Å². The molecule has 0 aliphatic rings. The molecule has 0 N–H and O–H groups in total. The maximum absolute atomic E-state index is 2.44. The molecule has 0 saturated heterocycles. The normalized spacial score (nSPS) is 13.1. The second kappa shape index (κ2) is 55.1. The first kappa shape index (κ1) is 64.3. The predicted octanol–water partition coefficient (Wildman–Crippen LogP) is 23.3. The van der Waals surface area contributed by atoms with E-state index in [1.807, 2.05) is 0 Å². The van der Waals surface area contributed by atoms with Crippen LogP contribution in [0.15, 0.2) is 0 Å². The first-order valence-corrected chi connectivity index (χ1v) is 29.1. The third kappa shape index (κ3) is 58.0. The summed E-state index contributed by atoms with van der Waals surface area (Å²) in [5, 5.41) is 0. The van der Waals surface area contributed by atoms with E-state index in [0.29, 0.717) is 0 Å². The number of unbranched alkanes of at least 4 members (excludes halogenated alkanes) is 29. The van der Waals surface area contributed by atoms with E-state index in [1.165, 1.54) is 270 Å². The highest BCUT2D eigenvalue weighted by Gasteiger charge is 2.13. The predicted molar refractivity (Wildman–Crippen MR) is 283 cm³/mol. The summed E-state index contributed by atoms with van der Waals surface area (Å²) in [7, 11) is 0. The summed E-state index contributed by atoms with van der Waals surface area (Å²) in [6.07, 6.45) is 61.1. The summed E-state index contributed by atoms with van der Waals surface area (Å²) in [6, 6.07) is 0. The first-order chi connectivity index (χ1) is 29.1. The Labute approximate surface area is 386 Å². The van der Waals surface area contributed by atoms with Gasteiger partial charge in [-0.15, -0.1) is 0 Å². The van der Waals surface area contributed by atoms with Crippen molar-refractivity contribution in [3.05, 3.63) is 0 Å². The highest BCUT2D eigenvalue weighted by molar-refractivity contribution is 4.65. The van der Waals surface area contributed by atoms with Gasteiger partial charge in [-0.3, -0.25) is 0 Å². The van der Waals surface area contributed by atoms with Crippen LogP contribution >= 0.6 is 0 Å². The van der Waals surface area contributed by atoms with Crippen LogP contribution in [-0.2, 0) is 0 Å². The van der Waals surface area contributed by atoms with Crippen molar-refractivity contribution in [3.63, 3.8) is 0 Å². The van der Waals surface area contributed by atoms with Gasteiger partial charge in [0.1, 0.15) is 0 Å². The molecule has 0 spiro atoms. The van der Waals surface area contributed by atoms with E-state index in [0.717, 1.165) is 35.5 Å². The van der Waals surface area contributed by atoms with E-state index in [4.69, 9.17) is 0 Å². The topological polar surface area (TPSA) is 0 Å². The van der Waals surface area contributed by atoms with Gasteiger partial charge in [0, 0.05) is 0 Å². The van der Waals surface area contributed by atoms with Gasteiger partial charge in [0.2, 0.25) is 0 Å². The summed E-state index contributed by atoms with van der Waals surface area (Å²) in [5.41, 5.74) is 0. The SMILES string of the molecule is CCCCCCCCC(C)CCC(C)C.CCCCCCCCCCC(CCCCCCCC)C(C)C.CCCCCCCCCCC(CCCCCCCC)CC(C)C. The lowest BCUT2D eigenvalue weighted by Crippen LogP contribution is -2.08. The van der Waals surface area contributed by atoms with Crippen LogP contribution in [0.25, 0.3) is 0 Å². The molecule has 0 saturated carbocycles. The fourth-order valence-electron chi connectivity index (χ4n) is 9.40. The fraction of sp³-hybridized carbons (Fsp3) is 1.00. The zero-order valence-electron chi connectivity index (χ0n) is 45.2. The minimum Gasteiger partial charge on any atom is -0.0654 e. The second-order valence-electron chi connectivity index (χ2n) is 21.8. The van der Waals surface area contributed by atoms with E-state index in [1.54, 1.807) is 0 Å². The standard InChI is InChI=1S/C23H48.C22H46.C15H32/c1-5-7-9-11-13-14-16-18-20-23(21-22(3)4)19-17-15-12-10-8-6-2;1-5-7-9-11-13-14-16-18-20-22(21(3)4)19-17-15-12-10-8-6-2;1-5-6-7-8-9-10-11-15(4)13-12-14(2)3/h22-23H,5-21H2,1-4H3;21-22H,5-20H2,1-4H3;14-15H,5-13H2,1-4H3. The molecular formula is C60H126. The molecular weight excluding hydrogens is 721 g/mol. The van der Waals surface area contributed by atoms with Gasteiger partial charge in [0.15, 0.2) is 0 Å². The molecule has 3 unspecified atom stereocenters. The maximum Gasteiger partial charge on any atom is -0.0391 e. The highest BCUT2D eigenvalue weighted by atomic mass is 14.2. The Bertz CT molecular complexity index is 703. The van der Waals surface area contributed by atoms with Crippen LogP contribution in [0.2, 0.25) is 0 Å². The average molecular weight is 848 g/mol. The van der Waals surface area contributed by atoms with Gasteiger partial charge in [-0.1, -0.05) is 346 Å². The van der Waals surface area contributed by atoms with E-state index in [9.17, 15) is 0 Å². The Balaban J connectivity index is -0.000000831. The third-order valence-corrected chi connectivity index (χ3v) is 13.8. The monoisotopic (exact) mass is 847 g/mol. The van der Waals surface area contributed by atoms with Crippen molar-refractivity contribution in [3.8, 4) is 0 Å². The van der Waals surface area contributed by atoms with Crippen molar-refractivity contribution in [2.45, 2.75) is 353 Å². The van der Waals surface area contributed by atoms with Crippen LogP contribution in [0.1, 0.15) is 353 Å². The summed E-state index contributed by atoms with van der Waals surface area (Å²) in [6.45, 7) is 28.3. The van der Waals surface area contributed by atoms with Crippen molar-refractivity contribution in [1.82, 2.24) is 0 Å². The smallest absolute Gasteiger partial charge is 0.0391 e. The molecule has 0 aliphatic heterocycles. The molecule has 0 rings (SSSR count). The van der Waals surface area contributed by atoms with Crippen LogP contribution in [0, 0.1) is 35.5 Å². The lowest BCUT2D eigenvalue weighted by molar-refractivity contribution is 0.312. The first-order valence-electron chi connectivity index (χ1n) is 29.1. The lowest BCUT2D eigenvalue weighted by Gasteiger charge is -2.20. The minimum atomic E-state index is 0.883. The van der Waals surface area contributed by atoms with Crippen LogP contribution in [-0.4, -0.2) is 0 Å². The summed E-state index contributed by atoms with van der Waals surface area (Å²) >= 11 is 0. The molecule has 0 aliphatic carbocycles. The molecule has 366 valence electrons. The third-order valence-electron chi connectivity index (χ3n) is 13.8. The van der Waals surface area contributed by atoms with Crippen LogP contribution in [0.3, 0.4) is 0 Å². The van der Waals surface area contributed by atoms with Crippen LogP contribution in [0.5, 0.6) is 0 Å². The largest absolute Gasteiger partial charge is 0.0654 e. The van der Waals surface area contributed by atoms with Crippen LogP contribution < -0.4 is 0 Å². The molecule has 3 atom stereocenters. The van der Waals surface area contributed by atoms with Gasteiger partial charge in [0.05, 0.1) is 0 Å². The summed E-state index contributed by atoms with van der Waals surface area (Å²) in [5.74, 6) is 5.62. The molecule has 0 aromatic rings. The van der Waals surface area contributed by atoms with Gasteiger partial charge >= 0.3 is 0 Å². The Hall–Kier alpha value is 0. The molecule has 0 aromatic carbocycles.